The molecule has 4 heteroatoms. The molecule has 2 heterocycles. The molecule has 2 atom stereocenters. The average Bonchev–Trinajstić information content (AvgIpc) is 2.98. The number of aryl methyl sites for hydroxylation is 1. The van der Waals surface area contributed by atoms with Gasteiger partial charge < -0.3 is 10.1 Å². The number of nitrogens with one attached hydrogen (secondary N) is 1. The van der Waals surface area contributed by atoms with Crippen molar-refractivity contribution in [3.8, 4) is 0 Å². The van der Waals surface area contributed by atoms with Gasteiger partial charge in [0, 0.05) is 25.9 Å². The zero-order chi connectivity index (χ0) is 12.8. The largest absolute Gasteiger partial charge is 0.378 e. The number of hydrogen-bond acceptors (Lipinski definition) is 3. The Morgan fingerprint density at radius 3 is 3.11 bits per heavy atom. The third-order valence-corrected chi connectivity index (χ3v) is 3.49. The number of hydrogen-bond donors (Lipinski definition) is 1. The smallest absolute Gasteiger partial charge is 0.0590 e. The number of rotatable bonds is 7. The first-order valence-corrected chi connectivity index (χ1v) is 7.10. The van der Waals surface area contributed by atoms with Crippen molar-refractivity contribution in [1.82, 2.24) is 15.1 Å². The van der Waals surface area contributed by atoms with Crippen LogP contribution in [0.15, 0.2) is 12.4 Å². The minimum atomic E-state index is 0.455. The van der Waals surface area contributed by atoms with Gasteiger partial charge in [0.1, 0.15) is 0 Å². The van der Waals surface area contributed by atoms with Crippen molar-refractivity contribution in [1.29, 1.82) is 0 Å². The normalized spacial score (nSPS) is 21.3. The van der Waals surface area contributed by atoms with Gasteiger partial charge in [0.05, 0.1) is 12.3 Å². The molecule has 1 fully saturated rings. The highest BCUT2D eigenvalue weighted by Crippen LogP contribution is 2.18. The Labute approximate surface area is 110 Å². The monoisotopic (exact) mass is 251 g/mol. The van der Waals surface area contributed by atoms with Crippen LogP contribution in [0.2, 0.25) is 0 Å². The molecule has 0 spiro atoms. The maximum absolute atomic E-state index is 5.75. The predicted molar refractivity (Wildman–Crippen MR) is 72.6 cm³/mol. The third-order valence-electron chi connectivity index (χ3n) is 3.49. The molecule has 102 valence electrons. The van der Waals surface area contributed by atoms with E-state index in [1.807, 2.05) is 17.9 Å². The number of nitrogens with zero attached hydrogens (tertiary/aromatic N) is 2. The molecule has 4 nitrogen and oxygen atoms in total. The van der Waals surface area contributed by atoms with E-state index in [0.29, 0.717) is 12.1 Å². The summed E-state index contributed by atoms with van der Waals surface area (Å²) in [7, 11) is 1.97. The van der Waals surface area contributed by atoms with Crippen molar-refractivity contribution >= 4 is 0 Å². The van der Waals surface area contributed by atoms with Gasteiger partial charge in [-0.3, -0.25) is 4.68 Å². The van der Waals surface area contributed by atoms with Crippen LogP contribution in [0.5, 0.6) is 0 Å². The van der Waals surface area contributed by atoms with Crippen molar-refractivity contribution in [3.63, 3.8) is 0 Å². The summed E-state index contributed by atoms with van der Waals surface area (Å²) in [6, 6.07) is 0.511. The summed E-state index contributed by atoms with van der Waals surface area (Å²) in [4.78, 5) is 0. The maximum Gasteiger partial charge on any atom is 0.0590 e. The molecule has 0 aromatic carbocycles. The molecule has 1 N–H and O–H groups in total. The van der Waals surface area contributed by atoms with Crippen LogP contribution in [0.4, 0.5) is 0 Å². The molecule has 2 rings (SSSR count). The Morgan fingerprint density at radius 1 is 1.61 bits per heavy atom. The number of ether oxygens (including phenoxy) is 1. The van der Waals surface area contributed by atoms with Gasteiger partial charge in [-0.2, -0.15) is 5.10 Å². The van der Waals surface area contributed by atoms with E-state index >= 15 is 0 Å². The third kappa shape index (κ3) is 4.10. The predicted octanol–water partition coefficient (Wildman–Crippen LogP) is 1.90. The lowest BCUT2D eigenvalue weighted by Crippen LogP contribution is -2.35. The van der Waals surface area contributed by atoms with Crippen LogP contribution < -0.4 is 5.32 Å². The van der Waals surface area contributed by atoms with Crippen molar-refractivity contribution in [3.05, 3.63) is 18.0 Å². The first-order valence-electron chi connectivity index (χ1n) is 7.10. The highest BCUT2D eigenvalue weighted by Gasteiger charge is 2.21. The summed E-state index contributed by atoms with van der Waals surface area (Å²) in [5.41, 5.74) is 1.31. The van der Waals surface area contributed by atoms with Gasteiger partial charge in [0.15, 0.2) is 0 Å². The van der Waals surface area contributed by atoms with E-state index in [0.717, 1.165) is 26.0 Å². The van der Waals surface area contributed by atoms with Crippen LogP contribution in [-0.4, -0.2) is 35.1 Å². The Balaban J connectivity index is 1.86. The summed E-state index contributed by atoms with van der Waals surface area (Å²) in [5, 5.41) is 7.88. The lowest BCUT2D eigenvalue weighted by Gasteiger charge is -2.21. The molecule has 1 aromatic heterocycles. The Bertz CT molecular complexity index is 345. The van der Waals surface area contributed by atoms with E-state index in [2.05, 4.69) is 23.5 Å². The van der Waals surface area contributed by atoms with Crippen molar-refractivity contribution < 1.29 is 4.74 Å². The molecule has 2 unspecified atom stereocenters. The van der Waals surface area contributed by atoms with E-state index in [9.17, 15) is 0 Å². The van der Waals surface area contributed by atoms with Crippen LogP contribution in [0.3, 0.4) is 0 Å². The van der Waals surface area contributed by atoms with Gasteiger partial charge in [0.2, 0.25) is 0 Å². The molecule has 0 radical (unpaired) electrons. The van der Waals surface area contributed by atoms with Gasteiger partial charge in [-0.25, -0.2) is 0 Å². The van der Waals surface area contributed by atoms with E-state index in [4.69, 9.17) is 4.74 Å². The SMILES string of the molecule is CCCNC(Cc1cnn(C)c1)CC1CCCO1. The van der Waals surface area contributed by atoms with Crippen LogP contribution in [0, 0.1) is 0 Å². The van der Waals surface area contributed by atoms with Crippen LogP contribution in [-0.2, 0) is 18.2 Å². The summed E-state index contributed by atoms with van der Waals surface area (Å²) in [5.74, 6) is 0. The topological polar surface area (TPSA) is 39.1 Å². The summed E-state index contributed by atoms with van der Waals surface area (Å²) < 4.78 is 7.62. The molecule has 0 amide bonds. The molecule has 1 saturated heterocycles. The van der Waals surface area contributed by atoms with E-state index in [-0.39, 0.29) is 0 Å². The second-order valence-electron chi connectivity index (χ2n) is 5.25. The van der Waals surface area contributed by atoms with E-state index in [1.54, 1.807) is 0 Å². The zero-order valence-corrected chi connectivity index (χ0v) is 11.6. The van der Waals surface area contributed by atoms with Crippen LogP contribution in [0.1, 0.15) is 38.2 Å². The molecular formula is C14H25N3O. The number of aromatic nitrogens is 2. The van der Waals surface area contributed by atoms with Crippen LogP contribution >= 0.6 is 0 Å². The summed E-state index contributed by atoms with van der Waals surface area (Å²) >= 11 is 0. The van der Waals surface area contributed by atoms with Gasteiger partial charge in [-0.15, -0.1) is 0 Å². The highest BCUT2D eigenvalue weighted by molar-refractivity contribution is 5.06. The molecule has 0 aliphatic carbocycles. The zero-order valence-electron chi connectivity index (χ0n) is 11.6. The standard InChI is InChI=1S/C14H25N3O/c1-3-6-15-13(9-14-5-4-7-18-14)8-12-10-16-17(2)11-12/h10-11,13-15H,3-9H2,1-2H3. The summed E-state index contributed by atoms with van der Waals surface area (Å²) in [6.07, 6.45) is 10.3. The highest BCUT2D eigenvalue weighted by atomic mass is 16.5. The van der Waals surface area contributed by atoms with Gasteiger partial charge in [-0.1, -0.05) is 6.92 Å². The Morgan fingerprint density at radius 2 is 2.50 bits per heavy atom. The Kier molecular flexibility index (Phi) is 5.20. The molecule has 1 aliphatic rings. The Hall–Kier alpha value is -0.870. The fraction of sp³-hybridized carbons (Fsp3) is 0.786. The fourth-order valence-electron chi connectivity index (χ4n) is 2.60. The van der Waals surface area contributed by atoms with Crippen molar-refractivity contribution in [2.24, 2.45) is 7.05 Å². The summed E-state index contributed by atoms with van der Waals surface area (Å²) in [6.45, 7) is 4.23. The first kappa shape index (κ1) is 13.6. The van der Waals surface area contributed by atoms with Gasteiger partial charge in [0.25, 0.3) is 0 Å². The first-order chi connectivity index (χ1) is 8.78. The second kappa shape index (κ2) is 6.90. The maximum atomic E-state index is 5.75. The fourth-order valence-corrected chi connectivity index (χ4v) is 2.60. The van der Waals surface area contributed by atoms with E-state index in [1.165, 1.54) is 24.8 Å². The molecule has 0 bridgehead atoms. The molecular weight excluding hydrogens is 226 g/mol. The van der Waals surface area contributed by atoms with Gasteiger partial charge >= 0.3 is 0 Å². The molecule has 1 aliphatic heterocycles. The average molecular weight is 251 g/mol. The minimum Gasteiger partial charge on any atom is -0.378 e. The van der Waals surface area contributed by atoms with Crippen molar-refractivity contribution in [2.75, 3.05) is 13.2 Å². The van der Waals surface area contributed by atoms with Crippen molar-refractivity contribution in [2.45, 2.75) is 51.2 Å². The van der Waals surface area contributed by atoms with Crippen LogP contribution in [0.25, 0.3) is 0 Å². The minimum absolute atomic E-state index is 0.455. The quantitative estimate of drug-likeness (QED) is 0.804. The molecule has 0 saturated carbocycles. The lowest BCUT2D eigenvalue weighted by atomic mass is 10.0. The van der Waals surface area contributed by atoms with E-state index < -0.39 is 0 Å². The van der Waals surface area contributed by atoms with Gasteiger partial charge in [-0.05, 0) is 44.2 Å². The molecule has 1 aromatic rings. The lowest BCUT2D eigenvalue weighted by molar-refractivity contribution is 0.0946. The molecule has 18 heavy (non-hydrogen) atoms. The second-order valence-corrected chi connectivity index (χ2v) is 5.25.